The van der Waals surface area contributed by atoms with Crippen molar-refractivity contribution in [3.05, 3.63) is 52.5 Å². The molecule has 0 fully saturated rings. The van der Waals surface area contributed by atoms with Crippen LogP contribution in [0.2, 0.25) is 0 Å². The predicted octanol–water partition coefficient (Wildman–Crippen LogP) is 3.42. The SMILES string of the molecule is CN=C(NCCS(=O)(=O)c1ccccc1F)NCC(C)(C)c1cccs1.I. The van der Waals surface area contributed by atoms with E-state index in [4.69, 9.17) is 0 Å². The number of benzene rings is 1. The van der Waals surface area contributed by atoms with Crippen LogP contribution in [0.4, 0.5) is 4.39 Å². The summed E-state index contributed by atoms with van der Waals surface area (Å²) in [6, 6.07) is 9.50. The van der Waals surface area contributed by atoms with Crippen molar-refractivity contribution in [1.29, 1.82) is 0 Å². The Labute approximate surface area is 181 Å². The summed E-state index contributed by atoms with van der Waals surface area (Å²) in [5, 5.41) is 8.22. The summed E-state index contributed by atoms with van der Waals surface area (Å²) in [7, 11) is -2.07. The molecule has 0 saturated heterocycles. The van der Waals surface area contributed by atoms with Gasteiger partial charge in [0.2, 0.25) is 0 Å². The van der Waals surface area contributed by atoms with Crippen molar-refractivity contribution in [1.82, 2.24) is 10.6 Å². The predicted molar refractivity (Wildman–Crippen MR) is 121 cm³/mol. The quantitative estimate of drug-likeness (QED) is 0.330. The van der Waals surface area contributed by atoms with Crippen LogP contribution >= 0.6 is 35.3 Å². The highest BCUT2D eigenvalue weighted by Gasteiger charge is 2.22. The molecular formula is C18H25FIN3O2S2. The maximum absolute atomic E-state index is 13.7. The Hall–Kier alpha value is -1.20. The number of nitrogens with zero attached hydrogens (tertiary/aromatic N) is 1. The highest BCUT2D eigenvalue weighted by molar-refractivity contribution is 14.0. The van der Waals surface area contributed by atoms with Crippen LogP contribution in [0.3, 0.4) is 0 Å². The summed E-state index contributed by atoms with van der Waals surface area (Å²) in [6.07, 6.45) is 0. The molecule has 150 valence electrons. The maximum atomic E-state index is 13.7. The molecule has 0 radical (unpaired) electrons. The summed E-state index contributed by atoms with van der Waals surface area (Å²) in [5.74, 6) is -0.436. The van der Waals surface area contributed by atoms with Crippen molar-refractivity contribution in [2.45, 2.75) is 24.2 Å². The molecule has 2 aromatic rings. The largest absolute Gasteiger partial charge is 0.356 e. The first-order valence-electron chi connectivity index (χ1n) is 8.22. The van der Waals surface area contributed by atoms with Gasteiger partial charge in [0, 0.05) is 30.4 Å². The number of hydrogen-bond donors (Lipinski definition) is 2. The molecule has 1 heterocycles. The molecular weight excluding hydrogens is 500 g/mol. The lowest BCUT2D eigenvalue weighted by Crippen LogP contribution is -2.44. The van der Waals surface area contributed by atoms with Gasteiger partial charge in [0.05, 0.1) is 5.75 Å². The highest BCUT2D eigenvalue weighted by Crippen LogP contribution is 2.26. The first-order chi connectivity index (χ1) is 12.3. The van der Waals surface area contributed by atoms with Gasteiger partial charge in [-0.2, -0.15) is 0 Å². The van der Waals surface area contributed by atoms with Gasteiger partial charge in [-0.15, -0.1) is 35.3 Å². The molecule has 1 aromatic heterocycles. The van der Waals surface area contributed by atoms with Crippen LogP contribution in [-0.2, 0) is 15.3 Å². The first kappa shape index (κ1) is 23.8. The van der Waals surface area contributed by atoms with Crippen molar-refractivity contribution in [2.24, 2.45) is 4.99 Å². The average molecular weight is 525 g/mol. The van der Waals surface area contributed by atoms with Gasteiger partial charge in [-0.05, 0) is 23.6 Å². The van der Waals surface area contributed by atoms with Crippen molar-refractivity contribution < 1.29 is 12.8 Å². The second-order valence-electron chi connectivity index (χ2n) is 6.46. The van der Waals surface area contributed by atoms with Gasteiger partial charge in [-0.1, -0.05) is 32.0 Å². The van der Waals surface area contributed by atoms with E-state index in [9.17, 15) is 12.8 Å². The number of sulfone groups is 1. The van der Waals surface area contributed by atoms with Crippen molar-refractivity contribution in [2.75, 3.05) is 25.9 Å². The van der Waals surface area contributed by atoms with E-state index in [1.807, 2.05) is 11.4 Å². The first-order valence-corrected chi connectivity index (χ1v) is 10.8. The van der Waals surface area contributed by atoms with Gasteiger partial charge in [-0.25, -0.2) is 12.8 Å². The second kappa shape index (κ2) is 10.4. The molecule has 0 spiro atoms. The molecule has 1 aromatic carbocycles. The van der Waals surface area contributed by atoms with Crippen molar-refractivity contribution in [3.63, 3.8) is 0 Å². The zero-order valence-corrected chi connectivity index (χ0v) is 19.5. The zero-order valence-electron chi connectivity index (χ0n) is 15.5. The van der Waals surface area contributed by atoms with Crippen LogP contribution in [0.25, 0.3) is 0 Å². The zero-order chi connectivity index (χ0) is 19.2. The number of aliphatic imine (C=N–C) groups is 1. The molecule has 2 N–H and O–H groups in total. The molecule has 27 heavy (non-hydrogen) atoms. The molecule has 5 nitrogen and oxygen atoms in total. The van der Waals surface area contributed by atoms with Crippen LogP contribution in [0.5, 0.6) is 0 Å². The summed E-state index contributed by atoms with van der Waals surface area (Å²) >= 11 is 1.69. The Kier molecular flexibility index (Phi) is 9.16. The Bertz CT molecular complexity index is 853. The van der Waals surface area contributed by atoms with E-state index >= 15 is 0 Å². The molecule has 9 heteroatoms. The highest BCUT2D eigenvalue weighted by atomic mass is 127. The van der Waals surface area contributed by atoms with Gasteiger partial charge in [0.15, 0.2) is 15.8 Å². The Morgan fingerprint density at radius 1 is 1.19 bits per heavy atom. The number of halogens is 2. The van der Waals surface area contributed by atoms with E-state index in [0.29, 0.717) is 12.5 Å². The Balaban J connectivity index is 0.00000364. The van der Waals surface area contributed by atoms with E-state index in [2.05, 4.69) is 35.5 Å². The maximum Gasteiger partial charge on any atom is 0.191 e. The van der Waals surface area contributed by atoms with E-state index in [1.54, 1.807) is 18.4 Å². The van der Waals surface area contributed by atoms with E-state index in [-0.39, 0.29) is 46.6 Å². The minimum absolute atomic E-state index is 0. The number of hydrogen-bond acceptors (Lipinski definition) is 4. The lowest BCUT2D eigenvalue weighted by atomic mass is 9.91. The number of nitrogens with one attached hydrogen (secondary N) is 2. The molecule has 0 aliphatic heterocycles. The molecule has 0 saturated carbocycles. The summed E-state index contributed by atoms with van der Waals surface area (Å²) in [5.41, 5.74) is -0.0783. The molecule has 2 rings (SSSR count). The normalized spacial score (nSPS) is 12.4. The van der Waals surface area contributed by atoms with Crippen molar-refractivity contribution >= 4 is 51.1 Å². The fourth-order valence-electron chi connectivity index (χ4n) is 2.39. The summed E-state index contributed by atoms with van der Waals surface area (Å²) < 4.78 is 38.2. The Morgan fingerprint density at radius 3 is 2.48 bits per heavy atom. The summed E-state index contributed by atoms with van der Waals surface area (Å²) in [4.78, 5) is 5.09. The van der Waals surface area contributed by atoms with Crippen molar-refractivity contribution in [3.8, 4) is 0 Å². The second-order valence-corrected chi connectivity index (χ2v) is 9.49. The van der Waals surface area contributed by atoms with Gasteiger partial charge in [-0.3, -0.25) is 4.99 Å². The van der Waals surface area contributed by atoms with E-state index < -0.39 is 15.7 Å². The Morgan fingerprint density at radius 2 is 1.89 bits per heavy atom. The smallest absolute Gasteiger partial charge is 0.191 e. The fraction of sp³-hybridized carbons (Fsp3) is 0.389. The van der Waals surface area contributed by atoms with Gasteiger partial charge >= 0.3 is 0 Å². The third-order valence-corrected chi connectivity index (χ3v) is 6.92. The average Bonchev–Trinajstić information content (AvgIpc) is 3.13. The molecule has 0 bridgehead atoms. The third kappa shape index (κ3) is 6.72. The van der Waals surface area contributed by atoms with Crippen LogP contribution in [0.1, 0.15) is 18.7 Å². The summed E-state index contributed by atoms with van der Waals surface area (Å²) in [6.45, 7) is 5.03. The van der Waals surface area contributed by atoms with Crippen LogP contribution in [-0.4, -0.2) is 40.3 Å². The van der Waals surface area contributed by atoms with Crippen LogP contribution < -0.4 is 10.6 Å². The fourth-order valence-corrected chi connectivity index (χ4v) is 4.48. The van der Waals surface area contributed by atoms with Crippen LogP contribution in [0.15, 0.2) is 51.7 Å². The molecule has 0 aliphatic rings. The lowest BCUT2D eigenvalue weighted by molar-refractivity contribution is 0.519. The van der Waals surface area contributed by atoms with Crippen LogP contribution in [0, 0.1) is 5.82 Å². The van der Waals surface area contributed by atoms with Gasteiger partial charge in [0.25, 0.3) is 0 Å². The van der Waals surface area contributed by atoms with E-state index in [0.717, 1.165) is 6.07 Å². The molecule has 0 unspecified atom stereocenters. The third-order valence-electron chi connectivity index (χ3n) is 3.94. The number of thiophene rings is 1. The number of guanidine groups is 1. The minimum atomic E-state index is -3.69. The van der Waals surface area contributed by atoms with Gasteiger partial charge in [0.1, 0.15) is 10.7 Å². The van der Waals surface area contributed by atoms with E-state index in [1.165, 1.54) is 23.1 Å². The molecule has 0 atom stereocenters. The monoisotopic (exact) mass is 525 g/mol. The van der Waals surface area contributed by atoms with Gasteiger partial charge < -0.3 is 10.6 Å². The minimum Gasteiger partial charge on any atom is -0.356 e. The lowest BCUT2D eigenvalue weighted by Gasteiger charge is -2.25. The number of rotatable bonds is 7. The molecule has 0 amide bonds. The standard InChI is InChI=1S/C18H24FN3O2S2.HI/c1-18(2,16-9-6-11-25-16)13-22-17(20-3)21-10-12-26(23,24)15-8-5-4-7-14(15)19;/h4-9,11H,10,12-13H2,1-3H3,(H2,20,21,22);1H. The topological polar surface area (TPSA) is 70.6 Å². The molecule has 0 aliphatic carbocycles.